The van der Waals surface area contributed by atoms with Crippen molar-refractivity contribution in [1.82, 2.24) is 5.32 Å². The molecule has 0 atom stereocenters. The van der Waals surface area contributed by atoms with Gasteiger partial charge in [-0.05, 0) is 55.6 Å². The van der Waals surface area contributed by atoms with Crippen molar-refractivity contribution in [2.24, 2.45) is 5.41 Å². The van der Waals surface area contributed by atoms with E-state index in [1.165, 1.54) is 49.8 Å². The van der Waals surface area contributed by atoms with Gasteiger partial charge < -0.3 is 5.32 Å². The van der Waals surface area contributed by atoms with Crippen LogP contribution >= 0.6 is 0 Å². The topological polar surface area (TPSA) is 12.0 Å². The molecule has 1 nitrogen and oxygen atoms in total. The molecule has 1 aliphatic carbocycles. The predicted octanol–water partition coefficient (Wildman–Crippen LogP) is 4.10. The highest BCUT2D eigenvalue weighted by Gasteiger charge is 2.30. The number of rotatable bonds is 7. The summed E-state index contributed by atoms with van der Waals surface area (Å²) in [6.45, 7) is 8.10. The van der Waals surface area contributed by atoms with Crippen LogP contribution in [0.5, 0.6) is 0 Å². The molecule has 1 N–H and O–H groups in total. The number of aryl methyl sites for hydroxylation is 1. The second-order valence-electron chi connectivity index (χ2n) is 5.97. The Labute approximate surface area is 112 Å². The molecule has 0 bridgehead atoms. The Balaban J connectivity index is 2.06. The zero-order valence-corrected chi connectivity index (χ0v) is 12.1. The monoisotopic (exact) mass is 245 g/mol. The van der Waals surface area contributed by atoms with Gasteiger partial charge in [0.25, 0.3) is 0 Å². The van der Waals surface area contributed by atoms with Crippen LogP contribution in [-0.2, 0) is 6.42 Å². The smallest absolute Gasteiger partial charge is 0.00684 e. The number of benzene rings is 1. The molecule has 0 aliphatic heterocycles. The number of hydrogen-bond acceptors (Lipinski definition) is 1. The lowest BCUT2D eigenvalue weighted by Gasteiger charge is -2.33. The van der Waals surface area contributed by atoms with Gasteiger partial charge in [0.15, 0.2) is 0 Å². The third kappa shape index (κ3) is 3.35. The molecule has 0 radical (unpaired) electrons. The van der Waals surface area contributed by atoms with Gasteiger partial charge in [0.2, 0.25) is 0 Å². The second kappa shape index (κ2) is 5.88. The standard InChI is InChI=1S/C17H27N/c1-4-17(5-2,13-18-16-10-11-16)12-15-9-7-6-8-14(15)3/h6-9,16,18H,4-5,10-13H2,1-3H3. The van der Waals surface area contributed by atoms with E-state index in [0.717, 1.165) is 6.04 Å². The molecule has 1 fully saturated rings. The fraction of sp³-hybridized carbons (Fsp3) is 0.647. The first-order valence-electron chi connectivity index (χ1n) is 7.47. The number of hydrogen-bond donors (Lipinski definition) is 1. The van der Waals surface area contributed by atoms with E-state index in [1.54, 1.807) is 0 Å². The predicted molar refractivity (Wildman–Crippen MR) is 78.9 cm³/mol. The summed E-state index contributed by atoms with van der Waals surface area (Å²) >= 11 is 0. The summed E-state index contributed by atoms with van der Waals surface area (Å²) in [4.78, 5) is 0. The van der Waals surface area contributed by atoms with Crippen molar-refractivity contribution in [2.45, 2.75) is 58.9 Å². The van der Waals surface area contributed by atoms with Gasteiger partial charge in [-0.2, -0.15) is 0 Å². The van der Waals surface area contributed by atoms with Gasteiger partial charge >= 0.3 is 0 Å². The molecule has 0 spiro atoms. The van der Waals surface area contributed by atoms with Crippen LogP contribution in [0.4, 0.5) is 0 Å². The molecule has 1 saturated carbocycles. The molecule has 1 aromatic rings. The van der Waals surface area contributed by atoms with Crippen molar-refractivity contribution in [2.75, 3.05) is 6.54 Å². The lowest BCUT2D eigenvalue weighted by Crippen LogP contribution is -2.36. The Morgan fingerprint density at radius 2 is 1.83 bits per heavy atom. The summed E-state index contributed by atoms with van der Waals surface area (Å²) in [6.07, 6.45) is 6.50. The van der Waals surface area contributed by atoms with Crippen molar-refractivity contribution in [3.63, 3.8) is 0 Å². The highest BCUT2D eigenvalue weighted by atomic mass is 15.0. The first-order valence-corrected chi connectivity index (χ1v) is 7.47. The third-order valence-corrected chi connectivity index (χ3v) is 4.67. The fourth-order valence-corrected chi connectivity index (χ4v) is 2.67. The Morgan fingerprint density at radius 3 is 2.39 bits per heavy atom. The maximum absolute atomic E-state index is 3.74. The Kier molecular flexibility index (Phi) is 4.45. The van der Waals surface area contributed by atoms with Crippen LogP contribution in [-0.4, -0.2) is 12.6 Å². The highest BCUT2D eigenvalue weighted by molar-refractivity contribution is 5.26. The van der Waals surface area contributed by atoms with Gasteiger partial charge in [-0.15, -0.1) is 0 Å². The SMILES string of the molecule is CCC(CC)(CNC1CC1)Cc1ccccc1C. The van der Waals surface area contributed by atoms with Crippen molar-refractivity contribution < 1.29 is 0 Å². The fourth-order valence-electron chi connectivity index (χ4n) is 2.67. The largest absolute Gasteiger partial charge is 0.313 e. The molecule has 0 heterocycles. The molecule has 0 saturated heterocycles. The van der Waals surface area contributed by atoms with E-state index >= 15 is 0 Å². The molecular weight excluding hydrogens is 218 g/mol. The lowest BCUT2D eigenvalue weighted by atomic mass is 9.76. The second-order valence-corrected chi connectivity index (χ2v) is 5.97. The maximum Gasteiger partial charge on any atom is 0.00684 e. The summed E-state index contributed by atoms with van der Waals surface area (Å²) in [7, 11) is 0. The third-order valence-electron chi connectivity index (χ3n) is 4.67. The van der Waals surface area contributed by atoms with Gasteiger partial charge in [0, 0.05) is 12.6 Å². The summed E-state index contributed by atoms with van der Waals surface area (Å²) in [5.74, 6) is 0. The summed E-state index contributed by atoms with van der Waals surface area (Å²) in [5, 5.41) is 3.74. The molecular formula is C17H27N. The summed E-state index contributed by atoms with van der Waals surface area (Å²) in [5.41, 5.74) is 3.41. The van der Waals surface area contributed by atoms with E-state index in [1.807, 2.05) is 0 Å². The first kappa shape index (κ1) is 13.6. The van der Waals surface area contributed by atoms with E-state index < -0.39 is 0 Å². The van der Waals surface area contributed by atoms with E-state index in [0.29, 0.717) is 5.41 Å². The van der Waals surface area contributed by atoms with Crippen molar-refractivity contribution in [3.8, 4) is 0 Å². The van der Waals surface area contributed by atoms with Crippen LogP contribution in [0.3, 0.4) is 0 Å². The molecule has 0 aromatic heterocycles. The van der Waals surface area contributed by atoms with Gasteiger partial charge in [0.1, 0.15) is 0 Å². The Morgan fingerprint density at radius 1 is 1.17 bits per heavy atom. The van der Waals surface area contributed by atoms with Gasteiger partial charge in [0.05, 0.1) is 0 Å². The molecule has 1 aromatic carbocycles. The van der Waals surface area contributed by atoms with Crippen LogP contribution in [0.25, 0.3) is 0 Å². The average molecular weight is 245 g/mol. The average Bonchev–Trinajstić information content (AvgIpc) is 3.21. The van der Waals surface area contributed by atoms with Gasteiger partial charge in [-0.25, -0.2) is 0 Å². The molecule has 0 unspecified atom stereocenters. The van der Waals surface area contributed by atoms with Crippen molar-refractivity contribution in [1.29, 1.82) is 0 Å². The number of nitrogens with one attached hydrogen (secondary N) is 1. The van der Waals surface area contributed by atoms with Crippen LogP contribution < -0.4 is 5.32 Å². The zero-order chi connectivity index (χ0) is 13.0. The normalized spacial score (nSPS) is 15.9. The van der Waals surface area contributed by atoms with Crippen LogP contribution in [0.1, 0.15) is 50.7 Å². The van der Waals surface area contributed by atoms with Crippen molar-refractivity contribution >= 4 is 0 Å². The highest BCUT2D eigenvalue weighted by Crippen LogP contribution is 2.32. The Hall–Kier alpha value is -0.820. The molecule has 100 valence electrons. The zero-order valence-electron chi connectivity index (χ0n) is 12.1. The molecule has 18 heavy (non-hydrogen) atoms. The van der Waals surface area contributed by atoms with Gasteiger partial charge in [-0.3, -0.25) is 0 Å². The summed E-state index contributed by atoms with van der Waals surface area (Å²) in [6, 6.07) is 9.67. The minimum atomic E-state index is 0.439. The lowest BCUT2D eigenvalue weighted by molar-refractivity contribution is 0.245. The molecule has 2 rings (SSSR count). The van der Waals surface area contributed by atoms with Crippen LogP contribution in [0, 0.1) is 12.3 Å². The minimum absolute atomic E-state index is 0.439. The van der Waals surface area contributed by atoms with Crippen LogP contribution in [0.15, 0.2) is 24.3 Å². The Bertz CT molecular complexity index is 375. The quantitative estimate of drug-likeness (QED) is 0.762. The maximum atomic E-state index is 3.74. The molecule has 1 aliphatic rings. The van der Waals surface area contributed by atoms with E-state index in [2.05, 4.69) is 50.4 Å². The van der Waals surface area contributed by atoms with Gasteiger partial charge in [-0.1, -0.05) is 38.1 Å². The summed E-state index contributed by atoms with van der Waals surface area (Å²) < 4.78 is 0. The first-order chi connectivity index (χ1) is 8.69. The minimum Gasteiger partial charge on any atom is -0.313 e. The van der Waals surface area contributed by atoms with Crippen LogP contribution in [0.2, 0.25) is 0 Å². The van der Waals surface area contributed by atoms with E-state index in [-0.39, 0.29) is 0 Å². The van der Waals surface area contributed by atoms with E-state index in [4.69, 9.17) is 0 Å². The van der Waals surface area contributed by atoms with Crippen molar-refractivity contribution in [3.05, 3.63) is 35.4 Å². The molecule has 0 amide bonds. The van der Waals surface area contributed by atoms with E-state index in [9.17, 15) is 0 Å². The molecule has 1 heteroatoms.